The molecule has 3 aromatic carbocycles. The maximum atomic E-state index is 12.5. The largest absolute Gasteiger partial charge is 0.325 e. The molecule has 3 rings (SSSR count). The lowest BCUT2D eigenvalue weighted by Gasteiger charge is -2.18. The minimum atomic E-state index is 0.00171. The molecule has 0 saturated heterocycles. The molecule has 0 unspecified atom stereocenters. The van der Waals surface area contributed by atoms with Gasteiger partial charge in [0, 0.05) is 10.7 Å². The maximum Gasteiger partial charge on any atom is 0.234 e. The van der Waals surface area contributed by atoms with Crippen molar-refractivity contribution in [3.05, 3.63) is 100 Å². The van der Waals surface area contributed by atoms with Crippen molar-refractivity contribution in [1.82, 2.24) is 0 Å². The van der Waals surface area contributed by atoms with Gasteiger partial charge in [0.15, 0.2) is 0 Å². The molecule has 0 aromatic heterocycles. The van der Waals surface area contributed by atoms with Crippen LogP contribution in [0.25, 0.3) is 0 Å². The third-order valence-corrected chi connectivity index (χ3v) is 5.87. The lowest BCUT2D eigenvalue weighted by molar-refractivity contribution is -0.113. The van der Waals surface area contributed by atoms with Crippen molar-refractivity contribution < 1.29 is 4.79 Å². The maximum absolute atomic E-state index is 12.5. The van der Waals surface area contributed by atoms with Crippen molar-refractivity contribution in [2.24, 2.45) is 0 Å². The third-order valence-electron chi connectivity index (χ3n) is 4.31. The highest BCUT2D eigenvalue weighted by Crippen LogP contribution is 2.36. The normalized spacial score (nSPS) is 11.8. The highest BCUT2D eigenvalue weighted by Gasteiger charge is 2.17. The first-order valence-corrected chi connectivity index (χ1v) is 10.2. The fourth-order valence-electron chi connectivity index (χ4n) is 2.95. The van der Waals surface area contributed by atoms with Crippen molar-refractivity contribution in [3.8, 4) is 0 Å². The van der Waals surface area contributed by atoms with Crippen LogP contribution in [0.1, 0.15) is 27.5 Å². The number of aryl methyl sites for hydroxylation is 2. The SMILES string of the molecule is Cc1ccc(NC(=O)CS[C@H](c2ccccc2)c2ccc(Cl)cc2)c(C)c1. The van der Waals surface area contributed by atoms with E-state index in [1.54, 1.807) is 11.8 Å². The quantitative estimate of drug-likeness (QED) is 0.521. The van der Waals surface area contributed by atoms with E-state index in [2.05, 4.69) is 23.5 Å². The summed E-state index contributed by atoms with van der Waals surface area (Å²) in [6.07, 6.45) is 0. The zero-order chi connectivity index (χ0) is 19.2. The number of amides is 1. The van der Waals surface area contributed by atoms with Crippen molar-refractivity contribution in [2.75, 3.05) is 11.1 Å². The molecule has 27 heavy (non-hydrogen) atoms. The highest BCUT2D eigenvalue weighted by atomic mass is 35.5. The first kappa shape index (κ1) is 19.5. The van der Waals surface area contributed by atoms with Gasteiger partial charge in [-0.25, -0.2) is 0 Å². The topological polar surface area (TPSA) is 29.1 Å². The first-order valence-electron chi connectivity index (χ1n) is 8.82. The smallest absolute Gasteiger partial charge is 0.234 e. The zero-order valence-electron chi connectivity index (χ0n) is 15.4. The van der Waals surface area contributed by atoms with E-state index in [1.165, 1.54) is 11.1 Å². The Kier molecular flexibility index (Phi) is 6.59. The summed E-state index contributed by atoms with van der Waals surface area (Å²) in [6, 6.07) is 24.1. The van der Waals surface area contributed by atoms with Crippen LogP contribution in [0.5, 0.6) is 0 Å². The van der Waals surface area contributed by atoms with Gasteiger partial charge < -0.3 is 5.32 Å². The lowest BCUT2D eigenvalue weighted by Crippen LogP contribution is -2.16. The molecular formula is C23H22ClNOS. The van der Waals surface area contributed by atoms with Crippen molar-refractivity contribution in [1.29, 1.82) is 0 Å². The molecule has 1 amide bonds. The number of anilines is 1. The van der Waals surface area contributed by atoms with Crippen molar-refractivity contribution in [2.45, 2.75) is 19.1 Å². The Hall–Kier alpha value is -2.23. The number of hydrogen-bond acceptors (Lipinski definition) is 2. The number of rotatable bonds is 6. The lowest BCUT2D eigenvalue weighted by atomic mass is 10.0. The second kappa shape index (κ2) is 9.12. The predicted octanol–water partition coefficient (Wildman–Crippen LogP) is 6.42. The van der Waals surface area contributed by atoms with E-state index in [-0.39, 0.29) is 11.2 Å². The van der Waals surface area contributed by atoms with Gasteiger partial charge in [-0.3, -0.25) is 4.79 Å². The minimum absolute atomic E-state index is 0.00171. The molecule has 0 aliphatic heterocycles. The summed E-state index contributed by atoms with van der Waals surface area (Å²) in [7, 11) is 0. The predicted molar refractivity (Wildman–Crippen MR) is 117 cm³/mol. The van der Waals surface area contributed by atoms with E-state index >= 15 is 0 Å². The molecule has 0 saturated carbocycles. The van der Waals surface area contributed by atoms with Crippen molar-refractivity contribution >= 4 is 35.0 Å². The Labute approximate surface area is 170 Å². The van der Waals surface area contributed by atoms with E-state index in [0.717, 1.165) is 16.8 Å². The molecule has 0 fully saturated rings. The van der Waals surface area contributed by atoms with Gasteiger partial charge in [-0.05, 0) is 48.7 Å². The fraction of sp³-hybridized carbons (Fsp3) is 0.174. The van der Waals surface area contributed by atoms with Gasteiger partial charge in [0.2, 0.25) is 5.91 Å². The number of hydrogen-bond donors (Lipinski definition) is 1. The van der Waals surface area contributed by atoms with Crippen LogP contribution in [-0.4, -0.2) is 11.7 Å². The van der Waals surface area contributed by atoms with Crippen LogP contribution in [0.3, 0.4) is 0 Å². The van der Waals surface area contributed by atoms with Crippen LogP contribution >= 0.6 is 23.4 Å². The Morgan fingerprint density at radius 1 is 0.963 bits per heavy atom. The molecule has 0 aliphatic rings. The van der Waals surface area contributed by atoms with Gasteiger partial charge in [-0.1, -0.05) is 71.8 Å². The molecule has 2 nitrogen and oxygen atoms in total. The van der Waals surface area contributed by atoms with Gasteiger partial charge in [0.05, 0.1) is 11.0 Å². The van der Waals surface area contributed by atoms with Gasteiger partial charge in [0.1, 0.15) is 0 Å². The molecule has 0 heterocycles. The molecule has 1 N–H and O–H groups in total. The summed E-state index contributed by atoms with van der Waals surface area (Å²) in [6.45, 7) is 4.06. The average molecular weight is 396 g/mol. The average Bonchev–Trinajstić information content (AvgIpc) is 2.66. The van der Waals surface area contributed by atoms with Crippen LogP contribution in [0, 0.1) is 13.8 Å². The Morgan fingerprint density at radius 2 is 1.63 bits per heavy atom. The third kappa shape index (κ3) is 5.38. The Morgan fingerprint density at radius 3 is 2.30 bits per heavy atom. The standard InChI is InChI=1S/C23H22ClNOS/c1-16-8-13-21(17(2)14-16)25-22(26)15-27-23(18-6-4-3-5-7-18)19-9-11-20(24)12-10-19/h3-14,23H,15H2,1-2H3,(H,25,26)/t23-/m1/s1. The Balaban J connectivity index is 1.72. The summed E-state index contributed by atoms with van der Waals surface area (Å²) in [5.74, 6) is 0.372. The van der Waals surface area contributed by atoms with E-state index in [4.69, 9.17) is 11.6 Å². The number of nitrogens with one attached hydrogen (secondary N) is 1. The molecule has 3 aromatic rings. The van der Waals surface area contributed by atoms with Crippen LogP contribution in [0.2, 0.25) is 5.02 Å². The summed E-state index contributed by atoms with van der Waals surface area (Å²) >= 11 is 7.65. The van der Waals surface area contributed by atoms with E-state index in [1.807, 2.05) is 68.4 Å². The number of carbonyl (C=O) groups is 1. The molecule has 138 valence electrons. The van der Waals surface area contributed by atoms with Gasteiger partial charge in [0.25, 0.3) is 0 Å². The van der Waals surface area contributed by atoms with Crippen LogP contribution in [-0.2, 0) is 4.79 Å². The summed E-state index contributed by atoms with van der Waals surface area (Å²) in [4.78, 5) is 12.5. The first-order chi connectivity index (χ1) is 13.0. The number of thioether (sulfide) groups is 1. The van der Waals surface area contributed by atoms with Gasteiger partial charge in [-0.15, -0.1) is 11.8 Å². The summed E-state index contributed by atoms with van der Waals surface area (Å²) in [5, 5.41) is 3.81. The Bertz CT molecular complexity index is 909. The highest BCUT2D eigenvalue weighted by molar-refractivity contribution is 8.00. The van der Waals surface area contributed by atoms with Crippen LogP contribution < -0.4 is 5.32 Å². The van der Waals surface area contributed by atoms with Crippen molar-refractivity contribution in [3.63, 3.8) is 0 Å². The molecule has 0 radical (unpaired) electrons. The molecule has 1 atom stereocenters. The number of carbonyl (C=O) groups excluding carboxylic acids is 1. The summed E-state index contributed by atoms with van der Waals surface area (Å²) in [5.41, 5.74) is 5.44. The van der Waals surface area contributed by atoms with E-state index in [0.29, 0.717) is 10.8 Å². The number of halogens is 1. The summed E-state index contributed by atoms with van der Waals surface area (Å²) < 4.78 is 0. The van der Waals surface area contributed by atoms with E-state index in [9.17, 15) is 4.79 Å². The number of benzene rings is 3. The molecule has 0 bridgehead atoms. The fourth-order valence-corrected chi connectivity index (χ4v) is 4.16. The second-order valence-electron chi connectivity index (χ2n) is 6.52. The van der Waals surface area contributed by atoms with Gasteiger partial charge in [-0.2, -0.15) is 0 Å². The van der Waals surface area contributed by atoms with Crippen LogP contribution in [0.4, 0.5) is 5.69 Å². The second-order valence-corrected chi connectivity index (χ2v) is 8.05. The minimum Gasteiger partial charge on any atom is -0.325 e. The monoisotopic (exact) mass is 395 g/mol. The molecular weight excluding hydrogens is 374 g/mol. The van der Waals surface area contributed by atoms with Crippen LogP contribution in [0.15, 0.2) is 72.8 Å². The van der Waals surface area contributed by atoms with E-state index < -0.39 is 0 Å². The van der Waals surface area contributed by atoms with Gasteiger partial charge >= 0.3 is 0 Å². The molecule has 4 heteroatoms. The molecule has 0 aliphatic carbocycles. The zero-order valence-corrected chi connectivity index (χ0v) is 17.0. The molecule has 0 spiro atoms.